The number of furan rings is 1. The van der Waals surface area contributed by atoms with E-state index in [4.69, 9.17) is 4.42 Å². The Labute approximate surface area is 148 Å². The van der Waals surface area contributed by atoms with Crippen LogP contribution in [0.1, 0.15) is 48.2 Å². The smallest absolute Gasteiger partial charge is 0.257 e. The molecule has 4 heterocycles. The second kappa shape index (κ2) is 6.83. The van der Waals surface area contributed by atoms with Crippen LogP contribution < -0.4 is 0 Å². The molecule has 0 bridgehead atoms. The Bertz CT molecular complexity index is 650. The van der Waals surface area contributed by atoms with Gasteiger partial charge in [0.25, 0.3) is 5.91 Å². The highest BCUT2D eigenvalue weighted by Gasteiger charge is 2.45. The average Bonchev–Trinajstić information content (AvgIpc) is 3.33. The SMILES string of the molecule is Cc1occc1C(=O)N1CC[C@@H]2[C@H]1CCC(=O)N2CCN1CCCC1. The van der Waals surface area contributed by atoms with Crippen LogP contribution in [0.15, 0.2) is 16.7 Å². The fourth-order valence-corrected chi connectivity index (χ4v) is 4.71. The Morgan fingerprint density at radius 3 is 2.68 bits per heavy atom. The summed E-state index contributed by atoms with van der Waals surface area (Å²) in [5.41, 5.74) is 0.654. The topological polar surface area (TPSA) is 57.0 Å². The monoisotopic (exact) mass is 345 g/mol. The maximum atomic E-state index is 12.9. The number of carbonyl (C=O) groups excluding carboxylic acids is 2. The van der Waals surface area contributed by atoms with Crippen molar-refractivity contribution in [1.29, 1.82) is 0 Å². The van der Waals surface area contributed by atoms with Crippen LogP contribution in [0, 0.1) is 6.92 Å². The molecule has 2 amide bonds. The lowest BCUT2D eigenvalue weighted by Gasteiger charge is -2.40. The van der Waals surface area contributed by atoms with Gasteiger partial charge in [0.1, 0.15) is 5.76 Å². The molecule has 0 saturated carbocycles. The normalized spacial score (nSPS) is 27.2. The Morgan fingerprint density at radius 1 is 1.16 bits per heavy atom. The van der Waals surface area contributed by atoms with Crippen molar-refractivity contribution in [2.45, 2.75) is 51.1 Å². The molecule has 1 aromatic heterocycles. The van der Waals surface area contributed by atoms with Gasteiger partial charge in [-0.1, -0.05) is 0 Å². The van der Waals surface area contributed by atoms with Crippen molar-refractivity contribution < 1.29 is 14.0 Å². The molecule has 6 heteroatoms. The van der Waals surface area contributed by atoms with Crippen molar-refractivity contribution in [3.8, 4) is 0 Å². The molecule has 6 nitrogen and oxygen atoms in total. The number of rotatable bonds is 4. The van der Waals surface area contributed by atoms with Crippen molar-refractivity contribution in [1.82, 2.24) is 14.7 Å². The van der Waals surface area contributed by atoms with Gasteiger partial charge in [-0.05, 0) is 51.8 Å². The first-order valence-corrected chi connectivity index (χ1v) is 9.52. The molecular weight excluding hydrogens is 318 g/mol. The summed E-state index contributed by atoms with van der Waals surface area (Å²) >= 11 is 0. The van der Waals surface area contributed by atoms with Gasteiger partial charge < -0.3 is 19.1 Å². The molecule has 3 saturated heterocycles. The van der Waals surface area contributed by atoms with E-state index in [0.29, 0.717) is 17.7 Å². The first-order chi connectivity index (χ1) is 12.1. The van der Waals surface area contributed by atoms with Crippen LogP contribution in [-0.4, -0.2) is 71.3 Å². The minimum Gasteiger partial charge on any atom is -0.469 e. The van der Waals surface area contributed by atoms with Gasteiger partial charge in [0.2, 0.25) is 5.91 Å². The summed E-state index contributed by atoms with van der Waals surface area (Å²) in [7, 11) is 0. The van der Waals surface area contributed by atoms with Crippen LogP contribution in [-0.2, 0) is 4.79 Å². The van der Waals surface area contributed by atoms with E-state index < -0.39 is 0 Å². The number of nitrogens with zero attached hydrogens (tertiary/aromatic N) is 3. The molecule has 25 heavy (non-hydrogen) atoms. The molecule has 3 fully saturated rings. The lowest BCUT2D eigenvalue weighted by molar-refractivity contribution is -0.137. The number of hydrogen-bond donors (Lipinski definition) is 0. The molecule has 1 aromatic rings. The molecule has 0 spiro atoms. The first kappa shape index (κ1) is 16.6. The van der Waals surface area contributed by atoms with E-state index in [2.05, 4.69) is 9.80 Å². The predicted octanol–water partition coefficient (Wildman–Crippen LogP) is 1.89. The second-order valence-corrected chi connectivity index (χ2v) is 7.49. The van der Waals surface area contributed by atoms with Gasteiger partial charge in [0, 0.05) is 26.1 Å². The standard InChI is InChI=1S/C19H27N3O3/c1-14-15(7-13-25-14)19(24)22-10-6-17-16(22)4-5-18(23)21(17)12-11-20-8-2-3-9-20/h7,13,16-17H,2-6,8-12H2,1H3/t16-,17-/m1/s1. The van der Waals surface area contributed by atoms with Crippen LogP contribution in [0.3, 0.4) is 0 Å². The number of carbonyl (C=O) groups is 2. The molecule has 0 aromatic carbocycles. The van der Waals surface area contributed by atoms with Crippen molar-refractivity contribution in [2.24, 2.45) is 0 Å². The highest BCUT2D eigenvalue weighted by Crippen LogP contribution is 2.33. The Morgan fingerprint density at radius 2 is 1.96 bits per heavy atom. The molecule has 136 valence electrons. The van der Waals surface area contributed by atoms with Gasteiger partial charge in [0.15, 0.2) is 0 Å². The van der Waals surface area contributed by atoms with Gasteiger partial charge in [0.05, 0.1) is 23.9 Å². The van der Waals surface area contributed by atoms with Crippen molar-refractivity contribution in [2.75, 3.05) is 32.7 Å². The number of hydrogen-bond acceptors (Lipinski definition) is 4. The number of fused-ring (bicyclic) bond motifs is 1. The Hall–Kier alpha value is -1.82. The highest BCUT2D eigenvalue weighted by molar-refractivity contribution is 5.95. The van der Waals surface area contributed by atoms with Gasteiger partial charge in [-0.2, -0.15) is 0 Å². The van der Waals surface area contributed by atoms with E-state index in [9.17, 15) is 9.59 Å². The molecule has 0 N–H and O–H groups in total. The minimum absolute atomic E-state index is 0.0487. The number of likely N-dealkylation sites (tertiary alicyclic amines) is 3. The molecule has 0 aliphatic carbocycles. The van der Waals surface area contributed by atoms with Gasteiger partial charge in [-0.3, -0.25) is 9.59 Å². The van der Waals surface area contributed by atoms with Gasteiger partial charge in [-0.15, -0.1) is 0 Å². The quantitative estimate of drug-likeness (QED) is 0.836. The summed E-state index contributed by atoms with van der Waals surface area (Å²) in [5.74, 6) is 0.980. The summed E-state index contributed by atoms with van der Waals surface area (Å²) in [4.78, 5) is 31.9. The second-order valence-electron chi connectivity index (χ2n) is 7.49. The molecule has 0 radical (unpaired) electrons. The van der Waals surface area contributed by atoms with Gasteiger partial charge >= 0.3 is 0 Å². The maximum absolute atomic E-state index is 12.9. The van der Waals surface area contributed by atoms with Gasteiger partial charge in [-0.25, -0.2) is 0 Å². The zero-order chi connectivity index (χ0) is 17.4. The summed E-state index contributed by atoms with van der Waals surface area (Å²) in [6.07, 6.45) is 6.34. The summed E-state index contributed by atoms with van der Waals surface area (Å²) in [6.45, 7) is 6.62. The lowest BCUT2D eigenvalue weighted by atomic mass is 9.96. The molecule has 3 aliphatic heterocycles. The van der Waals surface area contributed by atoms with Crippen molar-refractivity contribution in [3.63, 3.8) is 0 Å². The number of amides is 2. The van der Waals surface area contributed by atoms with E-state index in [0.717, 1.165) is 45.6 Å². The molecule has 0 unspecified atom stereocenters. The van der Waals surface area contributed by atoms with E-state index in [1.807, 2.05) is 11.8 Å². The fraction of sp³-hybridized carbons (Fsp3) is 0.684. The Balaban J connectivity index is 1.45. The van der Waals surface area contributed by atoms with E-state index in [1.165, 1.54) is 12.8 Å². The molecule has 2 atom stereocenters. The highest BCUT2D eigenvalue weighted by atomic mass is 16.3. The van der Waals surface area contributed by atoms with Crippen LogP contribution in [0.25, 0.3) is 0 Å². The van der Waals surface area contributed by atoms with Crippen LogP contribution in [0.4, 0.5) is 0 Å². The number of aryl methyl sites for hydroxylation is 1. The molecular formula is C19H27N3O3. The lowest BCUT2D eigenvalue weighted by Crippen LogP contribution is -2.54. The largest absolute Gasteiger partial charge is 0.469 e. The maximum Gasteiger partial charge on any atom is 0.257 e. The van der Waals surface area contributed by atoms with Crippen molar-refractivity contribution in [3.05, 3.63) is 23.7 Å². The third-order valence-corrected chi connectivity index (χ3v) is 6.09. The molecule has 4 rings (SSSR count). The van der Waals surface area contributed by atoms with Crippen LogP contribution in [0.5, 0.6) is 0 Å². The van der Waals surface area contributed by atoms with Crippen molar-refractivity contribution >= 4 is 11.8 Å². The van der Waals surface area contributed by atoms with E-state index >= 15 is 0 Å². The zero-order valence-corrected chi connectivity index (χ0v) is 14.9. The molecule has 3 aliphatic rings. The third-order valence-electron chi connectivity index (χ3n) is 6.09. The average molecular weight is 345 g/mol. The van der Waals surface area contributed by atoms with Crippen LogP contribution in [0.2, 0.25) is 0 Å². The fourth-order valence-electron chi connectivity index (χ4n) is 4.71. The Kier molecular flexibility index (Phi) is 4.54. The van der Waals surface area contributed by atoms with E-state index in [-0.39, 0.29) is 23.9 Å². The zero-order valence-electron chi connectivity index (χ0n) is 14.9. The minimum atomic E-state index is 0.0487. The summed E-state index contributed by atoms with van der Waals surface area (Å²) in [5, 5.41) is 0. The van der Waals surface area contributed by atoms with Crippen LogP contribution >= 0.6 is 0 Å². The number of piperidine rings is 1. The summed E-state index contributed by atoms with van der Waals surface area (Å²) in [6, 6.07) is 2.09. The first-order valence-electron chi connectivity index (χ1n) is 9.52. The summed E-state index contributed by atoms with van der Waals surface area (Å²) < 4.78 is 5.30. The van der Waals surface area contributed by atoms with E-state index in [1.54, 1.807) is 12.3 Å². The predicted molar refractivity (Wildman–Crippen MR) is 93.3 cm³/mol. The third kappa shape index (κ3) is 3.08.